The van der Waals surface area contributed by atoms with Gasteiger partial charge in [-0.05, 0) is 37.3 Å². The van der Waals surface area contributed by atoms with Crippen LogP contribution in [-0.2, 0) is 0 Å². The van der Waals surface area contributed by atoms with Crippen LogP contribution in [0.3, 0.4) is 0 Å². The molecule has 0 aromatic rings. The molecule has 1 N–H and O–H groups in total. The highest BCUT2D eigenvalue weighted by molar-refractivity contribution is 5.35. The van der Waals surface area contributed by atoms with E-state index < -0.39 is 0 Å². The zero-order valence-electron chi connectivity index (χ0n) is 11.9. The Labute approximate surface area is 116 Å². The Balaban J connectivity index is 1.59. The fraction of sp³-hybridized carbons (Fsp3) is 0.688. The van der Waals surface area contributed by atoms with Gasteiger partial charge in [-0.1, -0.05) is 13.0 Å². The van der Waals surface area contributed by atoms with E-state index in [1.54, 1.807) is 0 Å². The summed E-state index contributed by atoms with van der Waals surface area (Å²) >= 11 is 0. The van der Waals surface area contributed by atoms with Gasteiger partial charge in [0.15, 0.2) is 0 Å². The summed E-state index contributed by atoms with van der Waals surface area (Å²) in [6.45, 7) is 6.70. The number of hydrogen-bond donors (Lipinski definition) is 1. The van der Waals surface area contributed by atoms with Crippen LogP contribution in [0, 0.1) is 6.42 Å². The Kier molecular flexibility index (Phi) is 3.94. The van der Waals surface area contributed by atoms with E-state index in [0.717, 1.165) is 37.5 Å². The second kappa shape index (κ2) is 5.68. The number of hydrogen-bond acceptors (Lipinski definition) is 3. The van der Waals surface area contributed by atoms with Gasteiger partial charge in [0.25, 0.3) is 0 Å². The summed E-state index contributed by atoms with van der Waals surface area (Å²) in [6, 6.07) is 0.892. The molecule has 2 aliphatic carbocycles. The normalized spacial score (nSPS) is 26.9. The third-order valence-electron chi connectivity index (χ3n) is 4.51. The third-order valence-corrected chi connectivity index (χ3v) is 4.51. The average molecular weight is 261 g/mol. The van der Waals surface area contributed by atoms with Gasteiger partial charge in [-0.2, -0.15) is 0 Å². The van der Waals surface area contributed by atoms with Gasteiger partial charge in [-0.3, -0.25) is 4.90 Å². The Bertz CT molecular complexity index is 376. The van der Waals surface area contributed by atoms with E-state index in [2.05, 4.69) is 28.4 Å². The highest BCUT2D eigenvalue weighted by Crippen LogP contribution is 2.29. The van der Waals surface area contributed by atoms with E-state index in [0.29, 0.717) is 0 Å². The molecule has 1 heterocycles. The van der Waals surface area contributed by atoms with Crippen molar-refractivity contribution in [1.82, 2.24) is 9.80 Å². The lowest BCUT2D eigenvalue weighted by atomic mass is 9.97. The third kappa shape index (κ3) is 3.03. The van der Waals surface area contributed by atoms with Crippen molar-refractivity contribution in [1.29, 1.82) is 0 Å². The minimum Gasteiger partial charge on any atom is -0.388 e. The van der Waals surface area contributed by atoms with Gasteiger partial charge in [0, 0.05) is 44.3 Å². The summed E-state index contributed by atoms with van der Waals surface area (Å²) in [4.78, 5) is 5.12. The first-order valence-corrected chi connectivity index (χ1v) is 7.70. The smallest absolute Gasteiger partial charge is 0.0785 e. The van der Waals surface area contributed by atoms with Crippen LogP contribution in [-0.4, -0.2) is 53.2 Å². The molecule has 0 aromatic carbocycles. The topological polar surface area (TPSA) is 26.7 Å². The predicted molar refractivity (Wildman–Crippen MR) is 77.5 cm³/mol. The molecule has 0 bridgehead atoms. The summed E-state index contributed by atoms with van der Waals surface area (Å²) in [5.74, 6) is 0. The summed E-state index contributed by atoms with van der Waals surface area (Å²) in [6.07, 6.45) is 10.9. The highest BCUT2D eigenvalue weighted by atomic mass is 16.3. The van der Waals surface area contributed by atoms with Crippen molar-refractivity contribution < 1.29 is 5.11 Å². The molecule has 0 aromatic heterocycles. The molecular weight excluding hydrogens is 236 g/mol. The number of nitrogens with zero attached hydrogens (tertiary/aromatic N) is 2. The molecule has 1 saturated heterocycles. The standard InChI is InChI=1S/C16H25N2O/c1-2-16(19)13-4-3-5-15(12-13)18-10-8-17(9-11-18)14-6-7-14/h4-5,12,14,16,19H,2-3,6-11H2,1H3. The molecular formula is C16H25N2O. The van der Waals surface area contributed by atoms with E-state index in [9.17, 15) is 5.11 Å². The molecule has 1 aliphatic heterocycles. The maximum atomic E-state index is 9.97. The number of allylic oxidation sites excluding steroid dienone is 2. The van der Waals surface area contributed by atoms with Gasteiger partial charge in [-0.25, -0.2) is 0 Å². The first kappa shape index (κ1) is 13.2. The number of aliphatic hydroxyl groups excluding tert-OH is 1. The van der Waals surface area contributed by atoms with Gasteiger partial charge in [0.05, 0.1) is 6.10 Å². The van der Waals surface area contributed by atoms with Crippen molar-refractivity contribution in [2.45, 2.75) is 44.8 Å². The molecule has 3 heteroatoms. The molecule has 1 unspecified atom stereocenters. The second-order valence-corrected chi connectivity index (χ2v) is 5.89. The van der Waals surface area contributed by atoms with E-state index in [4.69, 9.17) is 0 Å². The van der Waals surface area contributed by atoms with Crippen molar-refractivity contribution >= 4 is 0 Å². The van der Waals surface area contributed by atoms with Crippen LogP contribution in [0.15, 0.2) is 23.4 Å². The minimum absolute atomic E-state index is 0.295. The number of rotatable bonds is 4. The second-order valence-electron chi connectivity index (χ2n) is 5.89. The fourth-order valence-corrected chi connectivity index (χ4v) is 3.08. The Morgan fingerprint density at radius 1 is 1.26 bits per heavy atom. The zero-order valence-corrected chi connectivity index (χ0v) is 11.9. The number of aliphatic hydroxyl groups is 1. The highest BCUT2D eigenvalue weighted by Gasteiger charge is 2.31. The largest absolute Gasteiger partial charge is 0.388 e. The lowest BCUT2D eigenvalue weighted by molar-refractivity contribution is 0.152. The van der Waals surface area contributed by atoms with E-state index in [1.165, 1.54) is 31.6 Å². The SMILES string of the molecule is CCC(O)C1=CC[CH]C(N2CCN(C3CC3)CC2)=C1. The monoisotopic (exact) mass is 261 g/mol. The predicted octanol–water partition coefficient (Wildman–Crippen LogP) is 1.96. The van der Waals surface area contributed by atoms with Crippen LogP contribution in [0.5, 0.6) is 0 Å². The first-order chi connectivity index (χ1) is 9.28. The molecule has 3 nitrogen and oxygen atoms in total. The van der Waals surface area contributed by atoms with Crippen LogP contribution in [0.4, 0.5) is 0 Å². The maximum Gasteiger partial charge on any atom is 0.0785 e. The van der Waals surface area contributed by atoms with Crippen molar-refractivity contribution in [2.75, 3.05) is 26.2 Å². The van der Waals surface area contributed by atoms with Crippen LogP contribution in [0.1, 0.15) is 32.6 Å². The summed E-state index contributed by atoms with van der Waals surface area (Å²) in [5, 5.41) is 9.97. The fourth-order valence-electron chi connectivity index (χ4n) is 3.08. The average Bonchev–Trinajstić information content (AvgIpc) is 3.31. The van der Waals surface area contributed by atoms with Gasteiger partial charge in [0.1, 0.15) is 0 Å². The zero-order chi connectivity index (χ0) is 13.2. The first-order valence-electron chi connectivity index (χ1n) is 7.70. The quantitative estimate of drug-likeness (QED) is 0.838. The molecule has 3 rings (SSSR count). The molecule has 19 heavy (non-hydrogen) atoms. The molecule has 0 amide bonds. The summed E-state index contributed by atoms with van der Waals surface area (Å²) < 4.78 is 0. The molecule has 1 saturated carbocycles. The van der Waals surface area contributed by atoms with Gasteiger partial charge in [-0.15, -0.1) is 0 Å². The molecule has 3 aliphatic rings. The molecule has 2 fully saturated rings. The lowest BCUT2D eigenvalue weighted by Gasteiger charge is -2.38. The maximum absolute atomic E-state index is 9.97. The van der Waals surface area contributed by atoms with Crippen molar-refractivity contribution in [3.05, 3.63) is 29.8 Å². The van der Waals surface area contributed by atoms with Crippen molar-refractivity contribution in [3.8, 4) is 0 Å². The molecule has 1 atom stereocenters. The Morgan fingerprint density at radius 3 is 2.63 bits per heavy atom. The Morgan fingerprint density at radius 2 is 2.00 bits per heavy atom. The molecule has 105 valence electrons. The summed E-state index contributed by atoms with van der Waals surface area (Å²) in [5.41, 5.74) is 2.42. The molecule has 0 spiro atoms. The van der Waals surface area contributed by atoms with Gasteiger partial charge >= 0.3 is 0 Å². The van der Waals surface area contributed by atoms with Crippen molar-refractivity contribution in [2.24, 2.45) is 0 Å². The Hall–Kier alpha value is -0.800. The molecule has 1 radical (unpaired) electrons. The number of piperazine rings is 1. The van der Waals surface area contributed by atoms with E-state index in [1.807, 2.05) is 6.92 Å². The van der Waals surface area contributed by atoms with Crippen LogP contribution in [0.2, 0.25) is 0 Å². The minimum atomic E-state index is -0.295. The van der Waals surface area contributed by atoms with E-state index >= 15 is 0 Å². The lowest BCUT2D eigenvalue weighted by Crippen LogP contribution is -2.46. The summed E-state index contributed by atoms with van der Waals surface area (Å²) in [7, 11) is 0. The van der Waals surface area contributed by atoms with Gasteiger partial charge < -0.3 is 10.0 Å². The van der Waals surface area contributed by atoms with E-state index in [-0.39, 0.29) is 6.10 Å². The van der Waals surface area contributed by atoms with Gasteiger partial charge in [0.2, 0.25) is 0 Å². The van der Waals surface area contributed by atoms with Crippen LogP contribution < -0.4 is 0 Å². The van der Waals surface area contributed by atoms with Crippen LogP contribution in [0.25, 0.3) is 0 Å². The van der Waals surface area contributed by atoms with Crippen LogP contribution >= 0.6 is 0 Å². The van der Waals surface area contributed by atoms with Crippen molar-refractivity contribution in [3.63, 3.8) is 0 Å².